The Hall–Kier alpha value is -3.75. The summed E-state index contributed by atoms with van der Waals surface area (Å²) in [5.74, 6) is 0.879. The number of halogens is 1. The van der Waals surface area contributed by atoms with Crippen LogP contribution in [0.15, 0.2) is 72.1 Å². The lowest BCUT2D eigenvalue weighted by Crippen LogP contribution is -2.26. The molecule has 1 N–H and O–H groups in total. The van der Waals surface area contributed by atoms with Crippen molar-refractivity contribution in [2.24, 2.45) is 0 Å². The van der Waals surface area contributed by atoms with Crippen LogP contribution in [0, 0.1) is 12.7 Å². The van der Waals surface area contributed by atoms with Crippen molar-refractivity contribution in [1.29, 1.82) is 0 Å². The molecule has 1 aromatic heterocycles. The third kappa shape index (κ3) is 7.63. The van der Waals surface area contributed by atoms with E-state index in [2.05, 4.69) is 52.5 Å². The summed E-state index contributed by atoms with van der Waals surface area (Å²) in [6, 6.07) is 20.6. The average Bonchev–Trinajstić information content (AvgIpc) is 3.41. The average molecular weight is 534 g/mol. The summed E-state index contributed by atoms with van der Waals surface area (Å²) in [5, 5.41) is 5.52. The molecule has 38 heavy (non-hydrogen) atoms. The summed E-state index contributed by atoms with van der Waals surface area (Å²) in [7, 11) is 3.27. The maximum Gasteiger partial charge on any atom is 0.271 e. The van der Waals surface area contributed by atoms with E-state index in [-0.39, 0.29) is 11.7 Å². The molecule has 0 fully saturated rings. The molecule has 0 atom stereocenters. The van der Waals surface area contributed by atoms with Gasteiger partial charge in [0.2, 0.25) is 0 Å². The van der Waals surface area contributed by atoms with Crippen LogP contribution in [0.4, 0.5) is 4.39 Å². The highest BCUT2D eigenvalue weighted by Crippen LogP contribution is 2.28. The summed E-state index contributed by atoms with van der Waals surface area (Å²) in [6.45, 7) is 4.58. The molecular formula is C30H32FN3O3S. The normalized spacial score (nSPS) is 11.0. The van der Waals surface area contributed by atoms with Crippen LogP contribution in [0.3, 0.4) is 0 Å². The van der Waals surface area contributed by atoms with Crippen LogP contribution in [-0.4, -0.2) is 36.6 Å². The lowest BCUT2D eigenvalue weighted by atomic mass is 10.1. The van der Waals surface area contributed by atoms with Gasteiger partial charge in [-0.3, -0.25) is 9.69 Å². The van der Waals surface area contributed by atoms with E-state index in [0.29, 0.717) is 30.3 Å². The Balaban J connectivity index is 1.42. The van der Waals surface area contributed by atoms with Crippen molar-refractivity contribution in [2.75, 3.05) is 20.8 Å². The second kappa shape index (κ2) is 13.2. The number of carbonyl (C=O) groups excluding carboxylic acids is 1. The maximum absolute atomic E-state index is 13.1. The topological polar surface area (TPSA) is 63.7 Å². The molecule has 1 amide bonds. The van der Waals surface area contributed by atoms with E-state index in [1.165, 1.54) is 34.6 Å². The second-order valence-corrected chi connectivity index (χ2v) is 10.0. The molecule has 0 aliphatic carbocycles. The number of hydrogen-bond donors (Lipinski definition) is 1. The number of aryl methyl sites for hydroxylation is 1. The van der Waals surface area contributed by atoms with Crippen molar-refractivity contribution in [3.05, 3.63) is 111 Å². The second-order valence-electron chi connectivity index (χ2n) is 9.07. The zero-order chi connectivity index (χ0) is 26.9. The fraction of sp³-hybridized carbons (Fsp3) is 0.267. The smallest absolute Gasteiger partial charge is 0.271 e. The van der Waals surface area contributed by atoms with Crippen LogP contribution in [0.25, 0.3) is 0 Å². The van der Waals surface area contributed by atoms with E-state index in [1.54, 1.807) is 31.7 Å². The Kier molecular flexibility index (Phi) is 9.46. The predicted octanol–water partition coefficient (Wildman–Crippen LogP) is 5.78. The minimum atomic E-state index is -0.300. The van der Waals surface area contributed by atoms with E-state index < -0.39 is 0 Å². The Labute approximate surface area is 227 Å². The van der Waals surface area contributed by atoms with Gasteiger partial charge in [-0.25, -0.2) is 9.37 Å². The molecule has 198 valence electrons. The highest BCUT2D eigenvalue weighted by molar-refractivity contribution is 7.09. The van der Waals surface area contributed by atoms with Crippen molar-refractivity contribution < 1.29 is 18.7 Å². The van der Waals surface area contributed by atoms with Gasteiger partial charge in [-0.15, -0.1) is 11.3 Å². The number of nitrogens with one attached hydrogen (secondary N) is 1. The van der Waals surface area contributed by atoms with Crippen molar-refractivity contribution in [3.8, 4) is 11.5 Å². The van der Waals surface area contributed by atoms with Gasteiger partial charge in [0.05, 0.1) is 20.8 Å². The van der Waals surface area contributed by atoms with Crippen molar-refractivity contribution in [2.45, 2.75) is 33.0 Å². The number of carbonyl (C=O) groups is 1. The molecule has 4 rings (SSSR count). The van der Waals surface area contributed by atoms with Crippen molar-refractivity contribution in [1.82, 2.24) is 15.2 Å². The van der Waals surface area contributed by atoms with Gasteiger partial charge in [0, 0.05) is 25.0 Å². The molecule has 6 nitrogen and oxygen atoms in total. The van der Waals surface area contributed by atoms with E-state index in [1.807, 2.05) is 12.1 Å². The van der Waals surface area contributed by atoms with Gasteiger partial charge in [-0.2, -0.15) is 0 Å². The fourth-order valence-electron chi connectivity index (χ4n) is 4.04. The number of aromatic nitrogens is 1. The summed E-state index contributed by atoms with van der Waals surface area (Å²) in [5.41, 5.74) is 4.81. The Bertz CT molecular complexity index is 1340. The largest absolute Gasteiger partial charge is 0.493 e. The van der Waals surface area contributed by atoms with Crippen LogP contribution in [0.2, 0.25) is 0 Å². The fourth-order valence-corrected chi connectivity index (χ4v) is 4.86. The number of methoxy groups -OCH3 is 2. The maximum atomic E-state index is 13.1. The van der Waals surface area contributed by atoms with Gasteiger partial charge < -0.3 is 14.8 Å². The highest BCUT2D eigenvalue weighted by atomic mass is 32.1. The SMILES string of the molecule is COc1ccc(CCN(Cc2ccc(C)cc2)Cc2nc(C(=O)NCc3ccc(F)cc3)cs2)cc1OC. The zero-order valence-electron chi connectivity index (χ0n) is 21.9. The summed E-state index contributed by atoms with van der Waals surface area (Å²) >= 11 is 1.48. The van der Waals surface area contributed by atoms with Gasteiger partial charge in [-0.05, 0) is 54.3 Å². The molecule has 8 heteroatoms. The van der Waals surface area contributed by atoms with Crippen molar-refractivity contribution in [3.63, 3.8) is 0 Å². The number of rotatable bonds is 12. The van der Waals surface area contributed by atoms with Crippen LogP contribution in [0.1, 0.15) is 37.7 Å². The first-order valence-electron chi connectivity index (χ1n) is 12.4. The minimum absolute atomic E-state index is 0.243. The Morgan fingerprint density at radius 3 is 2.32 bits per heavy atom. The molecule has 0 saturated heterocycles. The molecule has 3 aromatic carbocycles. The number of ether oxygens (including phenoxy) is 2. The molecule has 0 aliphatic heterocycles. The van der Waals surface area contributed by atoms with Gasteiger partial charge in [0.1, 0.15) is 16.5 Å². The van der Waals surface area contributed by atoms with Gasteiger partial charge >= 0.3 is 0 Å². The quantitative estimate of drug-likeness (QED) is 0.250. The summed E-state index contributed by atoms with van der Waals surface area (Å²) in [4.78, 5) is 19.6. The lowest BCUT2D eigenvalue weighted by molar-refractivity contribution is 0.0946. The number of amides is 1. The molecular weight excluding hydrogens is 501 g/mol. The first-order valence-corrected chi connectivity index (χ1v) is 13.3. The number of nitrogens with zero attached hydrogens (tertiary/aromatic N) is 2. The van der Waals surface area contributed by atoms with E-state index in [9.17, 15) is 9.18 Å². The summed E-state index contributed by atoms with van der Waals surface area (Å²) in [6.07, 6.45) is 0.822. The standard InChI is InChI=1S/C30H32FN3O3S/c1-21-4-6-24(7-5-21)18-34(15-14-22-10-13-27(36-2)28(16-22)37-3)19-29-33-26(20-38-29)30(35)32-17-23-8-11-25(31)12-9-23/h4-13,16,20H,14-15,17-19H2,1-3H3,(H,32,35). The highest BCUT2D eigenvalue weighted by Gasteiger charge is 2.15. The van der Waals surface area contributed by atoms with Crippen LogP contribution in [-0.2, 0) is 26.1 Å². The van der Waals surface area contributed by atoms with Crippen LogP contribution >= 0.6 is 11.3 Å². The van der Waals surface area contributed by atoms with Crippen LogP contribution < -0.4 is 14.8 Å². The number of thiazole rings is 1. The van der Waals surface area contributed by atoms with E-state index >= 15 is 0 Å². The van der Waals surface area contributed by atoms with Crippen LogP contribution in [0.5, 0.6) is 11.5 Å². The Morgan fingerprint density at radius 2 is 1.61 bits per heavy atom. The number of hydrogen-bond acceptors (Lipinski definition) is 6. The zero-order valence-corrected chi connectivity index (χ0v) is 22.7. The molecule has 0 spiro atoms. The van der Waals surface area contributed by atoms with Gasteiger partial charge in [0.15, 0.2) is 11.5 Å². The van der Waals surface area contributed by atoms with E-state index in [0.717, 1.165) is 35.6 Å². The third-order valence-electron chi connectivity index (χ3n) is 6.20. The molecule has 0 unspecified atom stereocenters. The molecule has 0 bridgehead atoms. The predicted molar refractivity (Wildman–Crippen MR) is 148 cm³/mol. The molecule has 1 heterocycles. The molecule has 4 aromatic rings. The van der Waals surface area contributed by atoms with E-state index in [4.69, 9.17) is 9.47 Å². The third-order valence-corrected chi connectivity index (χ3v) is 7.03. The Morgan fingerprint density at radius 1 is 0.921 bits per heavy atom. The first-order chi connectivity index (χ1) is 18.4. The monoisotopic (exact) mass is 533 g/mol. The molecule has 0 aliphatic rings. The van der Waals surface area contributed by atoms with Gasteiger partial charge in [0.25, 0.3) is 5.91 Å². The lowest BCUT2D eigenvalue weighted by Gasteiger charge is -2.22. The summed E-state index contributed by atoms with van der Waals surface area (Å²) < 4.78 is 23.9. The molecule has 0 radical (unpaired) electrons. The van der Waals surface area contributed by atoms with Crippen molar-refractivity contribution >= 4 is 17.2 Å². The number of benzene rings is 3. The minimum Gasteiger partial charge on any atom is -0.493 e. The van der Waals surface area contributed by atoms with Gasteiger partial charge in [-0.1, -0.05) is 48.0 Å². The first kappa shape index (κ1) is 27.3. The molecule has 0 saturated carbocycles.